The number of aromatic nitrogens is 1. The number of fused-ring (bicyclic) bond motifs is 1. The van der Waals surface area contributed by atoms with Crippen LogP contribution in [0.4, 0.5) is 0 Å². The maximum absolute atomic E-state index is 13.3. The second-order valence-electron chi connectivity index (χ2n) is 17.7. The molecule has 9 nitrogen and oxygen atoms in total. The van der Waals surface area contributed by atoms with Crippen LogP contribution in [0.1, 0.15) is 180 Å². The van der Waals surface area contributed by atoms with E-state index in [1.165, 1.54) is 68.7 Å². The summed E-state index contributed by atoms with van der Waals surface area (Å²) < 4.78 is 12.6. The average molecular weight is 797 g/mol. The minimum Gasteiger partial charge on any atom is -0.393 e. The molecule has 4 N–H and O–H groups in total. The van der Waals surface area contributed by atoms with E-state index in [9.17, 15) is 24.9 Å². The first-order chi connectivity index (χ1) is 27.7. The van der Waals surface area contributed by atoms with E-state index in [0.29, 0.717) is 19.4 Å². The van der Waals surface area contributed by atoms with Gasteiger partial charge >= 0.3 is 0 Å². The predicted octanol–water partition coefficient (Wildman–Crippen LogP) is 9.76. The molecule has 0 bridgehead atoms. The van der Waals surface area contributed by atoms with Crippen LogP contribution >= 0.6 is 0 Å². The zero-order valence-corrected chi connectivity index (χ0v) is 36.0. The number of hydrogen-bond donors (Lipinski definition) is 4. The molecule has 3 heterocycles. The number of para-hydroxylation sites is 1. The molecule has 2 aliphatic rings. The van der Waals surface area contributed by atoms with Crippen molar-refractivity contribution in [2.75, 3.05) is 13.6 Å². The molecule has 8 atom stereocenters. The molecular formula is C48H80N2O7. The molecule has 2 fully saturated rings. The van der Waals surface area contributed by atoms with Gasteiger partial charge in [-0.05, 0) is 89.2 Å². The van der Waals surface area contributed by atoms with Gasteiger partial charge in [0.2, 0.25) is 5.91 Å². The zero-order valence-electron chi connectivity index (χ0n) is 36.0. The van der Waals surface area contributed by atoms with Gasteiger partial charge in [0.05, 0.1) is 42.7 Å². The highest BCUT2D eigenvalue weighted by Gasteiger charge is 2.40. The van der Waals surface area contributed by atoms with Gasteiger partial charge < -0.3 is 39.5 Å². The third kappa shape index (κ3) is 17.1. The van der Waals surface area contributed by atoms with Crippen LogP contribution in [0.3, 0.4) is 0 Å². The number of benzene rings is 1. The lowest BCUT2D eigenvalue weighted by molar-refractivity contribution is -0.136. The number of nitrogens with zero attached hydrogens (tertiary/aromatic N) is 1. The number of rotatable bonds is 31. The number of H-pyrrole nitrogens is 1. The summed E-state index contributed by atoms with van der Waals surface area (Å²) in [5.74, 6) is -0.0484. The van der Waals surface area contributed by atoms with Crippen LogP contribution in [0, 0.1) is 5.92 Å². The van der Waals surface area contributed by atoms with Crippen molar-refractivity contribution in [1.82, 2.24) is 9.88 Å². The maximum atomic E-state index is 13.3. The lowest BCUT2D eigenvalue weighted by Gasteiger charge is -2.24. The Morgan fingerprint density at radius 2 is 1.25 bits per heavy atom. The highest BCUT2D eigenvalue weighted by Crippen LogP contribution is 2.35. The SMILES string of the molecule is CCCCCC[C@H](O)CCC[C@H](O)[C@H]1CC[C@H]([C@H]2CC[C@H]([C@H](O)CCCCCCCCCCCCC(CC(C)=O)C(=O)N(C)CCc3c[nH]c4ccccc34)O2)O1. The Hall–Kier alpha value is -2.30. The molecule has 1 amide bonds. The lowest BCUT2D eigenvalue weighted by Crippen LogP contribution is -2.35. The molecule has 4 rings (SSSR count). The Morgan fingerprint density at radius 1 is 0.719 bits per heavy atom. The van der Waals surface area contributed by atoms with Gasteiger partial charge in [0.1, 0.15) is 5.78 Å². The standard InChI is InChI=1S/C48H80N2O7/c1-4-5-6-16-22-39(52)23-20-27-43(54)45-29-31-47(57-45)46-30-28-44(56-46)42(53)26-17-14-12-10-8-7-9-11-13-15-21-37(34-36(2)51)48(55)50(3)33-32-38-35-49-41-25-19-18-24-40(38)41/h18-19,24-25,35,37,39,42-47,49,52-54H,4-17,20-23,26-34H2,1-3H3/t37?,39-,42+,43-,44+,45+,46+,47+/m0/s1. The topological polar surface area (TPSA) is 132 Å². The molecule has 57 heavy (non-hydrogen) atoms. The first-order valence-electron chi connectivity index (χ1n) is 23.3. The van der Waals surface area contributed by atoms with Crippen molar-refractivity contribution < 1.29 is 34.4 Å². The monoisotopic (exact) mass is 797 g/mol. The predicted molar refractivity (Wildman–Crippen MR) is 230 cm³/mol. The van der Waals surface area contributed by atoms with Gasteiger partial charge in [0, 0.05) is 43.0 Å². The van der Waals surface area contributed by atoms with Crippen molar-refractivity contribution in [2.24, 2.45) is 5.92 Å². The highest BCUT2D eigenvalue weighted by molar-refractivity contribution is 5.86. The van der Waals surface area contributed by atoms with Crippen molar-refractivity contribution in [3.63, 3.8) is 0 Å². The number of Topliss-reactive ketones (excluding diaryl/α,β-unsaturated/α-hetero) is 1. The zero-order chi connectivity index (χ0) is 40.8. The minimum atomic E-state index is -0.494. The molecule has 0 radical (unpaired) electrons. The van der Waals surface area contributed by atoms with Gasteiger partial charge in [-0.15, -0.1) is 0 Å². The Bertz CT molecular complexity index is 1400. The van der Waals surface area contributed by atoms with Crippen molar-refractivity contribution in [1.29, 1.82) is 0 Å². The van der Waals surface area contributed by atoms with E-state index in [1.54, 1.807) is 6.92 Å². The normalized spacial score (nSPS) is 21.9. The number of likely N-dealkylation sites (N-methyl/N-ethyl adjacent to an activating group) is 1. The lowest BCUT2D eigenvalue weighted by atomic mass is 9.94. The number of aliphatic hydroxyl groups is 3. The van der Waals surface area contributed by atoms with Gasteiger partial charge in [-0.3, -0.25) is 4.79 Å². The third-order valence-corrected chi connectivity index (χ3v) is 12.8. The number of aromatic amines is 1. The quantitative estimate of drug-likeness (QED) is 0.0559. The molecule has 1 aromatic carbocycles. The highest BCUT2D eigenvalue weighted by atomic mass is 16.6. The fourth-order valence-electron chi connectivity index (χ4n) is 9.24. The molecule has 9 heteroatoms. The molecule has 0 aliphatic carbocycles. The maximum Gasteiger partial charge on any atom is 0.225 e. The number of hydrogen-bond acceptors (Lipinski definition) is 7. The van der Waals surface area contributed by atoms with E-state index >= 15 is 0 Å². The van der Waals surface area contributed by atoms with E-state index in [-0.39, 0.29) is 48.1 Å². The Kier molecular flexibility index (Phi) is 22.2. The Balaban J connectivity index is 0.970. The number of unbranched alkanes of at least 4 members (excludes halogenated alkanes) is 12. The summed E-state index contributed by atoms with van der Waals surface area (Å²) in [7, 11) is 1.87. The van der Waals surface area contributed by atoms with Gasteiger partial charge in [0.25, 0.3) is 0 Å². The summed E-state index contributed by atoms with van der Waals surface area (Å²) in [6, 6.07) is 8.24. The summed E-state index contributed by atoms with van der Waals surface area (Å²) in [6.45, 7) is 4.43. The Labute approximate surface area is 345 Å². The first-order valence-corrected chi connectivity index (χ1v) is 23.3. The molecule has 1 aromatic heterocycles. The van der Waals surface area contributed by atoms with Crippen LogP contribution in [0.25, 0.3) is 10.9 Å². The smallest absolute Gasteiger partial charge is 0.225 e. The van der Waals surface area contributed by atoms with Crippen LogP contribution in [0.15, 0.2) is 30.5 Å². The fraction of sp³-hybridized carbons (Fsp3) is 0.792. The molecule has 324 valence electrons. The van der Waals surface area contributed by atoms with Crippen molar-refractivity contribution >= 4 is 22.6 Å². The number of carbonyl (C=O) groups is 2. The second kappa shape index (κ2) is 26.7. The summed E-state index contributed by atoms with van der Waals surface area (Å²) >= 11 is 0. The molecule has 2 aliphatic heterocycles. The van der Waals surface area contributed by atoms with E-state index in [4.69, 9.17) is 9.47 Å². The fourth-order valence-corrected chi connectivity index (χ4v) is 9.24. The minimum absolute atomic E-state index is 0.00151. The van der Waals surface area contributed by atoms with Crippen LogP contribution in [0.2, 0.25) is 0 Å². The van der Waals surface area contributed by atoms with Crippen LogP contribution in [-0.4, -0.2) is 93.2 Å². The number of ketones is 1. The molecular weight excluding hydrogens is 717 g/mol. The number of aliphatic hydroxyl groups excluding tert-OH is 3. The largest absolute Gasteiger partial charge is 0.393 e. The van der Waals surface area contributed by atoms with Crippen LogP contribution in [-0.2, 0) is 25.5 Å². The number of carbonyl (C=O) groups excluding carboxylic acids is 2. The van der Waals surface area contributed by atoms with E-state index in [1.807, 2.05) is 30.3 Å². The van der Waals surface area contributed by atoms with E-state index in [0.717, 1.165) is 102 Å². The van der Waals surface area contributed by atoms with Crippen molar-refractivity contribution in [3.8, 4) is 0 Å². The first kappa shape index (κ1) is 47.4. The molecule has 2 saturated heterocycles. The molecule has 2 aromatic rings. The molecule has 1 unspecified atom stereocenters. The molecule has 0 spiro atoms. The number of amides is 1. The summed E-state index contributed by atoms with van der Waals surface area (Å²) in [4.78, 5) is 30.4. The second-order valence-corrected chi connectivity index (χ2v) is 17.7. The van der Waals surface area contributed by atoms with Crippen LogP contribution < -0.4 is 0 Å². The van der Waals surface area contributed by atoms with Gasteiger partial charge in [-0.2, -0.15) is 0 Å². The van der Waals surface area contributed by atoms with Gasteiger partial charge in [-0.1, -0.05) is 115 Å². The van der Waals surface area contributed by atoms with Crippen LogP contribution in [0.5, 0.6) is 0 Å². The summed E-state index contributed by atoms with van der Waals surface area (Å²) in [5.41, 5.74) is 2.33. The van der Waals surface area contributed by atoms with Gasteiger partial charge in [-0.25, -0.2) is 0 Å². The summed E-state index contributed by atoms with van der Waals surface area (Å²) in [5, 5.41) is 33.1. The van der Waals surface area contributed by atoms with Crippen molar-refractivity contribution in [3.05, 3.63) is 36.0 Å². The van der Waals surface area contributed by atoms with E-state index in [2.05, 4.69) is 24.0 Å². The van der Waals surface area contributed by atoms with E-state index < -0.39 is 12.2 Å². The van der Waals surface area contributed by atoms with Gasteiger partial charge in [0.15, 0.2) is 0 Å². The number of nitrogens with one attached hydrogen (secondary N) is 1. The summed E-state index contributed by atoms with van der Waals surface area (Å²) in [6.07, 6.45) is 26.1. The Morgan fingerprint density at radius 3 is 1.86 bits per heavy atom. The third-order valence-electron chi connectivity index (χ3n) is 12.8. The average Bonchev–Trinajstić information content (AvgIpc) is 3.99. The van der Waals surface area contributed by atoms with Crippen molar-refractivity contribution in [2.45, 2.75) is 224 Å². The molecule has 0 saturated carbocycles. The number of ether oxygens (including phenoxy) is 2.